The molecule has 0 radical (unpaired) electrons. The van der Waals surface area contributed by atoms with Gasteiger partial charge in [-0.25, -0.2) is 4.68 Å². The van der Waals surface area contributed by atoms with Crippen molar-refractivity contribution in [2.75, 3.05) is 19.1 Å². The summed E-state index contributed by atoms with van der Waals surface area (Å²) in [4.78, 5) is 2.22. The molecule has 0 saturated heterocycles. The van der Waals surface area contributed by atoms with E-state index in [1.54, 1.807) is 7.11 Å². The molecule has 4 aromatic rings. The summed E-state index contributed by atoms with van der Waals surface area (Å²) in [5, 5.41) is 4.90. The number of hydrogen-bond donors (Lipinski definition) is 0. The third-order valence-corrected chi connectivity index (χ3v) is 4.73. The largest absolute Gasteiger partial charge is 0.497 e. The van der Waals surface area contributed by atoms with Crippen LogP contribution < -0.4 is 9.64 Å². The average molecular weight is 369 g/mol. The fraction of sp³-hybridized carbons (Fsp3) is 0.125. The Balaban J connectivity index is 1.70. The molecular weight excluding hydrogens is 346 g/mol. The van der Waals surface area contributed by atoms with Gasteiger partial charge in [0.2, 0.25) is 0 Å². The van der Waals surface area contributed by atoms with Gasteiger partial charge < -0.3 is 9.64 Å². The first kappa shape index (κ1) is 17.9. The Labute approximate surface area is 165 Å². The van der Waals surface area contributed by atoms with Gasteiger partial charge in [-0.3, -0.25) is 0 Å². The molecule has 1 heterocycles. The fourth-order valence-electron chi connectivity index (χ4n) is 3.24. The van der Waals surface area contributed by atoms with Crippen molar-refractivity contribution in [1.82, 2.24) is 9.78 Å². The van der Waals surface area contributed by atoms with Crippen molar-refractivity contribution in [1.29, 1.82) is 0 Å². The number of para-hydroxylation sites is 1. The predicted octanol–water partition coefficient (Wildman–Crippen LogP) is 5.18. The molecule has 0 N–H and O–H groups in total. The molecule has 28 heavy (non-hydrogen) atoms. The number of anilines is 1. The average Bonchev–Trinajstić information content (AvgIpc) is 3.21. The molecule has 0 aliphatic heterocycles. The lowest BCUT2D eigenvalue weighted by atomic mass is 10.1. The Hall–Kier alpha value is -3.53. The smallest absolute Gasteiger partial charge is 0.133 e. The molecular formula is C24H23N3O. The lowest BCUT2D eigenvalue weighted by Gasteiger charge is -2.20. The van der Waals surface area contributed by atoms with E-state index in [0.717, 1.165) is 35.1 Å². The summed E-state index contributed by atoms with van der Waals surface area (Å²) in [5.74, 6) is 1.91. The number of nitrogens with zero attached hydrogens (tertiary/aromatic N) is 3. The zero-order valence-corrected chi connectivity index (χ0v) is 16.1. The number of aromatic nitrogens is 2. The highest BCUT2D eigenvalue weighted by atomic mass is 16.5. The summed E-state index contributed by atoms with van der Waals surface area (Å²) in [6.07, 6.45) is 0. The topological polar surface area (TPSA) is 30.3 Å². The number of rotatable bonds is 6. The zero-order valence-electron chi connectivity index (χ0n) is 16.1. The molecule has 0 bridgehead atoms. The van der Waals surface area contributed by atoms with Gasteiger partial charge in [0.15, 0.2) is 0 Å². The van der Waals surface area contributed by atoms with E-state index in [1.807, 2.05) is 53.2 Å². The highest BCUT2D eigenvalue weighted by Gasteiger charge is 2.15. The first-order valence-corrected chi connectivity index (χ1v) is 9.29. The molecule has 4 nitrogen and oxygen atoms in total. The monoisotopic (exact) mass is 369 g/mol. The highest BCUT2D eigenvalue weighted by molar-refractivity contribution is 5.65. The van der Waals surface area contributed by atoms with E-state index in [2.05, 4.69) is 54.4 Å². The Morgan fingerprint density at radius 3 is 2.14 bits per heavy atom. The molecule has 0 aliphatic rings. The van der Waals surface area contributed by atoms with Crippen LogP contribution in [-0.2, 0) is 6.54 Å². The Morgan fingerprint density at radius 2 is 1.50 bits per heavy atom. The first-order valence-electron chi connectivity index (χ1n) is 9.29. The van der Waals surface area contributed by atoms with Gasteiger partial charge in [-0.1, -0.05) is 60.7 Å². The SMILES string of the molecule is COc1ccc(CN(C)c2cc(-c3ccccc3)nn2-c2ccccc2)cc1. The third-order valence-electron chi connectivity index (χ3n) is 4.73. The van der Waals surface area contributed by atoms with Crippen molar-refractivity contribution in [2.45, 2.75) is 6.54 Å². The summed E-state index contributed by atoms with van der Waals surface area (Å²) in [6.45, 7) is 0.775. The van der Waals surface area contributed by atoms with Crippen LogP contribution in [0.3, 0.4) is 0 Å². The van der Waals surface area contributed by atoms with Gasteiger partial charge in [-0.2, -0.15) is 5.10 Å². The van der Waals surface area contributed by atoms with Crippen LogP contribution in [0.5, 0.6) is 5.75 Å². The van der Waals surface area contributed by atoms with Gasteiger partial charge in [-0.05, 0) is 29.8 Å². The number of methoxy groups -OCH3 is 1. The van der Waals surface area contributed by atoms with Crippen molar-refractivity contribution in [3.8, 4) is 22.7 Å². The van der Waals surface area contributed by atoms with E-state index in [4.69, 9.17) is 9.84 Å². The molecule has 0 atom stereocenters. The molecule has 0 saturated carbocycles. The van der Waals surface area contributed by atoms with E-state index in [0.29, 0.717) is 0 Å². The fourth-order valence-corrected chi connectivity index (χ4v) is 3.24. The van der Waals surface area contributed by atoms with E-state index in [1.165, 1.54) is 5.56 Å². The lowest BCUT2D eigenvalue weighted by molar-refractivity contribution is 0.414. The minimum absolute atomic E-state index is 0.775. The van der Waals surface area contributed by atoms with Gasteiger partial charge >= 0.3 is 0 Å². The highest BCUT2D eigenvalue weighted by Crippen LogP contribution is 2.27. The summed E-state index contributed by atoms with van der Waals surface area (Å²) in [7, 11) is 3.78. The van der Waals surface area contributed by atoms with Crippen LogP contribution in [0.15, 0.2) is 91.0 Å². The van der Waals surface area contributed by atoms with Gasteiger partial charge in [-0.15, -0.1) is 0 Å². The van der Waals surface area contributed by atoms with Crippen LogP contribution >= 0.6 is 0 Å². The molecule has 0 unspecified atom stereocenters. The van der Waals surface area contributed by atoms with Crippen molar-refractivity contribution in [3.63, 3.8) is 0 Å². The second kappa shape index (κ2) is 8.01. The van der Waals surface area contributed by atoms with Crippen LogP contribution in [0.25, 0.3) is 16.9 Å². The standard InChI is InChI=1S/C24H23N3O/c1-26(18-19-13-15-22(28-2)16-14-19)24-17-23(20-9-5-3-6-10-20)25-27(24)21-11-7-4-8-12-21/h3-17H,18H2,1-2H3. The maximum absolute atomic E-state index is 5.26. The second-order valence-corrected chi connectivity index (χ2v) is 6.71. The van der Waals surface area contributed by atoms with Crippen LogP contribution in [0.2, 0.25) is 0 Å². The van der Waals surface area contributed by atoms with E-state index >= 15 is 0 Å². The van der Waals surface area contributed by atoms with E-state index in [9.17, 15) is 0 Å². The summed E-state index contributed by atoms with van der Waals surface area (Å²) in [6, 6.07) is 30.8. The Morgan fingerprint density at radius 1 is 0.857 bits per heavy atom. The van der Waals surface area contributed by atoms with Crippen LogP contribution in [0, 0.1) is 0 Å². The van der Waals surface area contributed by atoms with Gasteiger partial charge in [0.05, 0.1) is 18.5 Å². The van der Waals surface area contributed by atoms with Crippen molar-refractivity contribution in [2.24, 2.45) is 0 Å². The molecule has 0 aliphatic carbocycles. The Kier molecular flexibility index (Phi) is 5.11. The van der Waals surface area contributed by atoms with E-state index < -0.39 is 0 Å². The van der Waals surface area contributed by atoms with Gasteiger partial charge in [0, 0.05) is 25.2 Å². The minimum atomic E-state index is 0.775. The molecule has 1 aromatic heterocycles. The first-order chi connectivity index (χ1) is 13.7. The van der Waals surface area contributed by atoms with E-state index in [-0.39, 0.29) is 0 Å². The molecule has 4 rings (SSSR count). The zero-order chi connectivity index (χ0) is 19.3. The van der Waals surface area contributed by atoms with Crippen LogP contribution in [0.4, 0.5) is 5.82 Å². The summed E-state index contributed by atoms with van der Waals surface area (Å²) < 4.78 is 7.27. The number of ether oxygens (including phenoxy) is 1. The van der Waals surface area contributed by atoms with Gasteiger partial charge in [0.1, 0.15) is 11.6 Å². The normalized spacial score (nSPS) is 10.6. The maximum Gasteiger partial charge on any atom is 0.133 e. The molecule has 0 spiro atoms. The lowest BCUT2D eigenvalue weighted by Crippen LogP contribution is -2.19. The van der Waals surface area contributed by atoms with Crippen molar-refractivity contribution >= 4 is 5.82 Å². The molecule has 3 aromatic carbocycles. The maximum atomic E-state index is 5.26. The summed E-state index contributed by atoms with van der Waals surface area (Å²) >= 11 is 0. The quantitative estimate of drug-likeness (QED) is 0.469. The molecule has 0 amide bonds. The molecule has 140 valence electrons. The second-order valence-electron chi connectivity index (χ2n) is 6.71. The van der Waals surface area contributed by atoms with Crippen LogP contribution in [0.1, 0.15) is 5.56 Å². The van der Waals surface area contributed by atoms with Crippen molar-refractivity contribution in [3.05, 3.63) is 96.6 Å². The summed E-state index contributed by atoms with van der Waals surface area (Å²) in [5.41, 5.74) is 4.32. The molecule has 0 fully saturated rings. The predicted molar refractivity (Wildman–Crippen MR) is 114 cm³/mol. The van der Waals surface area contributed by atoms with Gasteiger partial charge in [0.25, 0.3) is 0 Å². The number of benzene rings is 3. The molecule has 4 heteroatoms. The minimum Gasteiger partial charge on any atom is -0.497 e. The Bertz CT molecular complexity index is 1020. The van der Waals surface area contributed by atoms with Crippen molar-refractivity contribution < 1.29 is 4.74 Å². The third kappa shape index (κ3) is 3.76. The number of hydrogen-bond acceptors (Lipinski definition) is 3. The van der Waals surface area contributed by atoms with Crippen LogP contribution in [-0.4, -0.2) is 23.9 Å².